The third kappa shape index (κ3) is 6.67. The SMILES string of the molecule is CCN(CC(=O)Nc1cc(Cl)ccc1OC)CC(=O)N[C@@H]1CCS(=O)(=O)C1. The molecular formula is C17H24ClN3O5S. The number of nitrogens with zero attached hydrogens (tertiary/aromatic N) is 1. The van der Waals surface area contributed by atoms with Gasteiger partial charge in [0, 0.05) is 11.1 Å². The fraction of sp³-hybridized carbons (Fsp3) is 0.529. The summed E-state index contributed by atoms with van der Waals surface area (Å²) in [7, 11) is -1.56. The van der Waals surface area contributed by atoms with Crippen molar-refractivity contribution in [1.82, 2.24) is 10.2 Å². The fourth-order valence-corrected chi connectivity index (χ4v) is 4.68. The van der Waals surface area contributed by atoms with Gasteiger partial charge in [0.2, 0.25) is 11.8 Å². The normalized spacial score (nSPS) is 18.3. The molecule has 2 amide bonds. The molecular weight excluding hydrogens is 394 g/mol. The van der Waals surface area contributed by atoms with Crippen molar-refractivity contribution in [2.75, 3.05) is 43.6 Å². The predicted octanol–water partition coefficient (Wildman–Crippen LogP) is 0.912. The number of likely N-dealkylation sites (N-methyl/N-ethyl adjacent to an activating group) is 1. The Morgan fingerprint density at radius 1 is 1.30 bits per heavy atom. The average molecular weight is 418 g/mol. The number of carbonyl (C=O) groups is 2. The molecule has 27 heavy (non-hydrogen) atoms. The van der Waals surface area contributed by atoms with Crippen molar-refractivity contribution in [2.45, 2.75) is 19.4 Å². The van der Waals surface area contributed by atoms with Gasteiger partial charge in [-0.25, -0.2) is 8.42 Å². The van der Waals surface area contributed by atoms with Gasteiger partial charge in [-0.1, -0.05) is 18.5 Å². The zero-order valence-electron chi connectivity index (χ0n) is 15.3. The number of anilines is 1. The van der Waals surface area contributed by atoms with Crippen LogP contribution in [0.5, 0.6) is 5.75 Å². The summed E-state index contributed by atoms with van der Waals surface area (Å²) in [6, 6.07) is 4.54. The molecule has 150 valence electrons. The first kappa shape index (κ1) is 21.5. The molecule has 2 rings (SSSR count). The summed E-state index contributed by atoms with van der Waals surface area (Å²) in [4.78, 5) is 26.1. The molecule has 1 fully saturated rings. The zero-order chi connectivity index (χ0) is 20.0. The highest BCUT2D eigenvalue weighted by Gasteiger charge is 2.29. The molecule has 10 heteroatoms. The van der Waals surface area contributed by atoms with E-state index in [-0.39, 0.29) is 42.5 Å². The molecule has 8 nitrogen and oxygen atoms in total. The number of benzene rings is 1. The van der Waals surface area contributed by atoms with E-state index in [0.717, 1.165) is 0 Å². The van der Waals surface area contributed by atoms with E-state index in [9.17, 15) is 18.0 Å². The Balaban J connectivity index is 1.87. The second-order valence-electron chi connectivity index (χ2n) is 6.36. The van der Waals surface area contributed by atoms with Crippen molar-refractivity contribution < 1.29 is 22.7 Å². The Morgan fingerprint density at radius 3 is 2.59 bits per heavy atom. The van der Waals surface area contributed by atoms with Crippen LogP contribution in [-0.4, -0.2) is 69.4 Å². The van der Waals surface area contributed by atoms with Crippen LogP contribution in [0.2, 0.25) is 5.02 Å². The van der Waals surface area contributed by atoms with Crippen LogP contribution in [0.4, 0.5) is 5.69 Å². The summed E-state index contributed by atoms with van der Waals surface area (Å²) in [5.41, 5.74) is 0.451. The fourth-order valence-electron chi connectivity index (χ4n) is 2.84. The largest absolute Gasteiger partial charge is 0.495 e. The summed E-state index contributed by atoms with van der Waals surface area (Å²) in [6.45, 7) is 2.33. The number of hydrogen-bond acceptors (Lipinski definition) is 6. The number of halogens is 1. The monoisotopic (exact) mass is 417 g/mol. The van der Waals surface area contributed by atoms with E-state index >= 15 is 0 Å². The van der Waals surface area contributed by atoms with Crippen LogP contribution < -0.4 is 15.4 Å². The minimum Gasteiger partial charge on any atom is -0.495 e. The van der Waals surface area contributed by atoms with Crippen LogP contribution in [-0.2, 0) is 19.4 Å². The van der Waals surface area contributed by atoms with E-state index < -0.39 is 9.84 Å². The van der Waals surface area contributed by atoms with E-state index in [1.165, 1.54) is 7.11 Å². The topological polar surface area (TPSA) is 105 Å². The third-order valence-corrected chi connectivity index (χ3v) is 6.22. The van der Waals surface area contributed by atoms with Crippen molar-refractivity contribution in [2.24, 2.45) is 0 Å². The second kappa shape index (κ2) is 9.38. The van der Waals surface area contributed by atoms with Gasteiger partial charge < -0.3 is 15.4 Å². The summed E-state index contributed by atoms with van der Waals surface area (Å²) in [5, 5.41) is 5.90. The molecule has 0 aliphatic carbocycles. The lowest BCUT2D eigenvalue weighted by Gasteiger charge is -2.21. The van der Waals surface area contributed by atoms with Gasteiger partial charge in [-0.15, -0.1) is 0 Å². The minimum atomic E-state index is -3.05. The second-order valence-corrected chi connectivity index (χ2v) is 9.03. The third-order valence-electron chi connectivity index (χ3n) is 4.21. The molecule has 0 aromatic heterocycles. The molecule has 1 aromatic rings. The molecule has 0 unspecified atom stereocenters. The summed E-state index contributed by atoms with van der Waals surface area (Å²) < 4.78 is 28.1. The first-order valence-electron chi connectivity index (χ1n) is 8.58. The van der Waals surface area contributed by atoms with Crippen LogP contribution in [0.1, 0.15) is 13.3 Å². The highest BCUT2D eigenvalue weighted by atomic mass is 35.5. The molecule has 0 spiro atoms. The van der Waals surface area contributed by atoms with E-state index in [1.807, 2.05) is 6.92 Å². The molecule has 1 saturated heterocycles. The number of carbonyl (C=O) groups excluding carboxylic acids is 2. The molecule has 0 saturated carbocycles. The van der Waals surface area contributed by atoms with Gasteiger partial charge in [0.1, 0.15) is 5.75 Å². The highest BCUT2D eigenvalue weighted by Crippen LogP contribution is 2.27. The minimum absolute atomic E-state index is 0.00253. The number of rotatable bonds is 8. The van der Waals surface area contributed by atoms with E-state index in [2.05, 4.69) is 10.6 Å². The standard InChI is InChI=1S/C17H24ClN3O5S/c1-3-21(9-16(22)19-13-6-7-27(24,25)11-13)10-17(23)20-14-8-12(18)4-5-15(14)26-2/h4-5,8,13H,3,6-7,9-11H2,1-2H3,(H,19,22)(H,20,23)/t13-/m1/s1. The number of nitrogens with one attached hydrogen (secondary N) is 2. The van der Waals surface area contributed by atoms with Gasteiger partial charge >= 0.3 is 0 Å². The van der Waals surface area contributed by atoms with Gasteiger partial charge in [-0.05, 0) is 31.2 Å². The lowest BCUT2D eigenvalue weighted by atomic mass is 10.2. The van der Waals surface area contributed by atoms with Crippen LogP contribution in [0, 0.1) is 0 Å². The van der Waals surface area contributed by atoms with Gasteiger partial charge in [0.15, 0.2) is 9.84 Å². The Hall–Kier alpha value is -1.84. The highest BCUT2D eigenvalue weighted by molar-refractivity contribution is 7.91. The Morgan fingerprint density at radius 2 is 2.00 bits per heavy atom. The summed E-state index contributed by atoms with van der Waals surface area (Å²) in [5.74, 6) is -0.0594. The number of methoxy groups -OCH3 is 1. The Kier molecular flexibility index (Phi) is 7.46. The van der Waals surface area contributed by atoms with Crippen molar-refractivity contribution >= 4 is 38.9 Å². The quantitative estimate of drug-likeness (QED) is 0.651. The molecule has 0 radical (unpaired) electrons. The van der Waals surface area contributed by atoms with Crippen LogP contribution in [0.15, 0.2) is 18.2 Å². The van der Waals surface area contributed by atoms with Gasteiger partial charge in [-0.2, -0.15) is 0 Å². The van der Waals surface area contributed by atoms with Crippen molar-refractivity contribution in [1.29, 1.82) is 0 Å². The van der Waals surface area contributed by atoms with Crippen molar-refractivity contribution in [3.8, 4) is 5.75 Å². The molecule has 0 bridgehead atoms. The number of ether oxygens (including phenoxy) is 1. The Bertz CT molecular complexity index is 800. The first-order chi connectivity index (χ1) is 12.7. The van der Waals surface area contributed by atoms with E-state index in [0.29, 0.717) is 29.4 Å². The summed E-state index contributed by atoms with van der Waals surface area (Å²) in [6.07, 6.45) is 0.426. The molecule has 1 aromatic carbocycles. The number of amides is 2. The smallest absolute Gasteiger partial charge is 0.238 e. The Labute approximate surface area is 164 Å². The summed E-state index contributed by atoms with van der Waals surface area (Å²) >= 11 is 5.95. The van der Waals surface area contributed by atoms with Gasteiger partial charge in [-0.3, -0.25) is 14.5 Å². The van der Waals surface area contributed by atoms with Crippen LogP contribution >= 0.6 is 11.6 Å². The average Bonchev–Trinajstić information content (AvgIpc) is 2.92. The first-order valence-corrected chi connectivity index (χ1v) is 10.8. The number of hydrogen-bond donors (Lipinski definition) is 2. The maximum atomic E-state index is 12.3. The molecule has 2 N–H and O–H groups in total. The van der Waals surface area contributed by atoms with Gasteiger partial charge in [0.05, 0.1) is 37.4 Å². The lowest BCUT2D eigenvalue weighted by molar-refractivity contribution is -0.123. The molecule has 1 heterocycles. The van der Waals surface area contributed by atoms with Gasteiger partial charge in [0.25, 0.3) is 0 Å². The lowest BCUT2D eigenvalue weighted by Crippen LogP contribution is -2.44. The maximum Gasteiger partial charge on any atom is 0.238 e. The molecule has 1 atom stereocenters. The molecule has 1 aliphatic heterocycles. The zero-order valence-corrected chi connectivity index (χ0v) is 16.9. The maximum absolute atomic E-state index is 12.3. The van der Waals surface area contributed by atoms with Crippen molar-refractivity contribution in [3.63, 3.8) is 0 Å². The number of sulfone groups is 1. The van der Waals surface area contributed by atoms with Crippen LogP contribution in [0.3, 0.4) is 0 Å². The van der Waals surface area contributed by atoms with E-state index in [1.54, 1.807) is 23.1 Å². The van der Waals surface area contributed by atoms with Crippen LogP contribution in [0.25, 0.3) is 0 Å². The predicted molar refractivity (Wildman–Crippen MR) is 104 cm³/mol. The van der Waals surface area contributed by atoms with Crippen molar-refractivity contribution in [3.05, 3.63) is 23.2 Å². The molecule has 1 aliphatic rings. The van der Waals surface area contributed by atoms with E-state index in [4.69, 9.17) is 16.3 Å².